The number of fused-ring (bicyclic) bond motifs is 2. The number of rotatable bonds is 8. The molecular formula is C28H29N3O8S. The van der Waals surface area contributed by atoms with Crippen LogP contribution in [0.1, 0.15) is 11.1 Å². The summed E-state index contributed by atoms with van der Waals surface area (Å²) in [4.78, 5) is 43.7. The molecule has 2 fully saturated rings. The fourth-order valence-corrected chi connectivity index (χ4v) is 6.93. The molecular weight excluding hydrogens is 538 g/mol. The summed E-state index contributed by atoms with van der Waals surface area (Å²) >= 11 is 0. The molecule has 2 aromatic carbocycles. The van der Waals surface area contributed by atoms with Crippen molar-refractivity contribution in [2.75, 3.05) is 58.0 Å². The van der Waals surface area contributed by atoms with Crippen molar-refractivity contribution in [1.82, 2.24) is 9.21 Å². The molecule has 1 unspecified atom stereocenters. The number of benzene rings is 2. The fourth-order valence-electron chi connectivity index (χ4n) is 5.52. The number of aliphatic hydroxyl groups is 1. The van der Waals surface area contributed by atoms with Crippen LogP contribution in [0.15, 0.2) is 71.7 Å². The molecule has 3 aliphatic rings. The first kappa shape index (κ1) is 27.7. The second-order valence-electron chi connectivity index (χ2n) is 9.48. The van der Waals surface area contributed by atoms with Crippen LogP contribution in [0, 0.1) is 0 Å². The van der Waals surface area contributed by atoms with E-state index in [1.807, 2.05) is 0 Å². The molecule has 12 heteroatoms. The third-order valence-electron chi connectivity index (χ3n) is 7.38. The predicted octanol–water partition coefficient (Wildman–Crippen LogP) is 1.46. The largest absolute Gasteiger partial charge is 0.507 e. The standard InChI is InChI=1S/C28H29N3O8S/c1-3-12-30-22-7-5-4-6-21(22)28(27(30)35)23(25(33)26(34)31(28)15-16-38-2)24(32)19-8-10-20(11-9-19)40(36,37)29-13-17-39-18-14-29/h3-11,32H,1,12-18H2,2H3/b24-23+. The number of para-hydroxylation sites is 1. The highest BCUT2D eigenvalue weighted by molar-refractivity contribution is 7.89. The predicted molar refractivity (Wildman–Crippen MR) is 145 cm³/mol. The SMILES string of the molecule is C=CCN1C(=O)C2(/C(=C(/O)c3ccc(S(=O)(=O)N4CCOCC4)cc3)C(=O)C(=O)N2CCOC)c2ccccc21. The molecule has 3 aliphatic heterocycles. The molecule has 0 bridgehead atoms. The van der Waals surface area contributed by atoms with Gasteiger partial charge in [-0.25, -0.2) is 8.42 Å². The van der Waals surface area contributed by atoms with E-state index in [4.69, 9.17) is 9.47 Å². The van der Waals surface area contributed by atoms with Gasteiger partial charge in [-0.15, -0.1) is 6.58 Å². The maximum absolute atomic E-state index is 14.2. The molecule has 1 N–H and O–H groups in total. The van der Waals surface area contributed by atoms with Crippen LogP contribution in [0.25, 0.3) is 5.76 Å². The lowest BCUT2D eigenvalue weighted by molar-refractivity contribution is -0.144. The molecule has 210 valence electrons. The van der Waals surface area contributed by atoms with Gasteiger partial charge in [-0.2, -0.15) is 4.31 Å². The summed E-state index contributed by atoms with van der Waals surface area (Å²) in [7, 11) is -2.37. The third kappa shape index (κ3) is 4.06. The zero-order chi connectivity index (χ0) is 28.7. The van der Waals surface area contributed by atoms with E-state index in [2.05, 4.69) is 6.58 Å². The van der Waals surface area contributed by atoms with Crippen LogP contribution in [0.4, 0.5) is 5.69 Å². The highest BCUT2D eigenvalue weighted by Gasteiger charge is 2.66. The molecule has 11 nitrogen and oxygen atoms in total. The Labute approximate surface area is 231 Å². The van der Waals surface area contributed by atoms with Crippen molar-refractivity contribution >= 4 is 39.1 Å². The summed E-state index contributed by atoms with van der Waals surface area (Å²) < 4.78 is 37.9. The highest BCUT2D eigenvalue weighted by atomic mass is 32.2. The maximum atomic E-state index is 14.2. The lowest BCUT2D eigenvalue weighted by Gasteiger charge is -2.34. The Morgan fingerprint density at radius 1 is 1.10 bits per heavy atom. The number of Topliss-reactive ketones (excluding diaryl/α,β-unsaturated/α-hetero) is 1. The van der Waals surface area contributed by atoms with E-state index in [1.54, 1.807) is 24.3 Å². The Balaban J connectivity index is 1.67. The number of aliphatic hydroxyl groups excluding tert-OH is 1. The summed E-state index contributed by atoms with van der Waals surface area (Å²) in [5, 5.41) is 11.6. The number of nitrogens with zero attached hydrogens (tertiary/aromatic N) is 3. The van der Waals surface area contributed by atoms with Gasteiger partial charge in [0.2, 0.25) is 10.0 Å². The number of amides is 2. The average molecular weight is 568 g/mol. The van der Waals surface area contributed by atoms with Gasteiger partial charge in [0.1, 0.15) is 5.76 Å². The molecule has 0 radical (unpaired) electrons. The zero-order valence-corrected chi connectivity index (χ0v) is 22.7. The fraction of sp³-hybridized carbons (Fsp3) is 0.321. The Morgan fingerprint density at radius 2 is 1.77 bits per heavy atom. The van der Waals surface area contributed by atoms with Gasteiger partial charge < -0.3 is 24.4 Å². The summed E-state index contributed by atoms with van der Waals surface area (Å²) in [6, 6.07) is 12.1. The summed E-state index contributed by atoms with van der Waals surface area (Å²) in [5.74, 6) is -3.15. The number of likely N-dealkylation sites (tertiary alicyclic amines) is 1. The van der Waals surface area contributed by atoms with Gasteiger partial charge in [0, 0.05) is 44.4 Å². The van der Waals surface area contributed by atoms with E-state index in [1.165, 1.54) is 46.7 Å². The Morgan fingerprint density at radius 3 is 2.42 bits per heavy atom. The zero-order valence-electron chi connectivity index (χ0n) is 21.9. The number of anilines is 1. The number of hydrogen-bond donors (Lipinski definition) is 1. The van der Waals surface area contributed by atoms with E-state index in [0.29, 0.717) is 24.5 Å². The van der Waals surface area contributed by atoms with Crippen molar-refractivity contribution < 1.29 is 37.4 Å². The molecule has 0 saturated carbocycles. The number of methoxy groups -OCH3 is 1. The monoisotopic (exact) mass is 567 g/mol. The molecule has 40 heavy (non-hydrogen) atoms. The quantitative estimate of drug-likeness (QED) is 0.219. The second kappa shape index (κ2) is 10.6. The molecule has 0 aliphatic carbocycles. The Kier molecular flexibility index (Phi) is 7.36. The Bertz CT molecular complexity index is 1510. The van der Waals surface area contributed by atoms with Gasteiger partial charge in [-0.1, -0.05) is 24.3 Å². The van der Waals surface area contributed by atoms with E-state index < -0.39 is 38.9 Å². The van der Waals surface area contributed by atoms with Gasteiger partial charge >= 0.3 is 0 Å². The molecule has 1 atom stereocenters. The number of hydrogen-bond acceptors (Lipinski definition) is 8. The van der Waals surface area contributed by atoms with E-state index in [-0.39, 0.29) is 48.8 Å². The van der Waals surface area contributed by atoms with Gasteiger partial charge in [0.15, 0.2) is 5.54 Å². The smallest absolute Gasteiger partial charge is 0.296 e. The first-order valence-corrected chi connectivity index (χ1v) is 14.1. The van der Waals surface area contributed by atoms with Crippen LogP contribution in [0.2, 0.25) is 0 Å². The van der Waals surface area contributed by atoms with Gasteiger partial charge in [-0.05, 0) is 30.3 Å². The molecule has 2 aromatic rings. The van der Waals surface area contributed by atoms with Crippen molar-refractivity contribution in [3.8, 4) is 0 Å². The topological polar surface area (TPSA) is 134 Å². The maximum Gasteiger partial charge on any atom is 0.296 e. The highest BCUT2D eigenvalue weighted by Crippen LogP contribution is 2.53. The number of carbonyl (C=O) groups is 3. The lowest BCUT2D eigenvalue weighted by atomic mass is 9.82. The average Bonchev–Trinajstić information content (AvgIpc) is 3.35. The number of carbonyl (C=O) groups excluding carboxylic acids is 3. The van der Waals surface area contributed by atoms with Crippen molar-refractivity contribution in [1.29, 1.82) is 0 Å². The summed E-state index contributed by atoms with van der Waals surface area (Å²) in [6.07, 6.45) is 1.53. The number of ether oxygens (including phenoxy) is 2. The minimum absolute atomic E-state index is 0.000607. The van der Waals surface area contributed by atoms with Gasteiger partial charge in [0.05, 0.1) is 36.0 Å². The lowest BCUT2D eigenvalue weighted by Crippen LogP contribution is -2.52. The summed E-state index contributed by atoms with van der Waals surface area (Å²) in [5.41, 5.74) is -1.40. The van der Waals surface area contributed by atoms with Crippen molar-refractivity contribution in [3.63, 3.8) is 0 Å². The van der Waals surface area contributed by atoms with Crippen LogP contribution in [0.3, 0.4) is 0 Å². The van der Waals surface area contributed by atoms with E-state index >= 15 is 0 Å². The molecule has 2 amide bonds. The van der Waals surface area contributed by atoms with Crippen LogP contribution in [-0.4, -0.2) is 93.4 Å². The third-order valence-corrected chi connectivity index (χ3v) is 9.29. The minimum Gasteiger partial charge on any atom is -0.507 e. The van der Waals surface area contributed by atoms with Gasteiger partial charge in [-0.3, -0.25) is 14.4 Å². The van der Waals surface area contributed by atoms with E-state index in [0.717, 1.165) is 4.90 Å². The van der Waals surface area contributed by atoms with E-state index in [9.17, 15) is 27.9 Å². The summed E-state index contributed by atoms with van der Waals surface area (Å²) in [6.45, 7) is 4.82. The van der Waals surface area contributed by atoms with Crippen molar-refractivity contribution in [2.45, 2.75) is 10.4 Å². The first-order chi connectivity index (χ1) is 19.2. The van der Waals surface area contributed by atoms with Crippen LogP contribution in [-0.2, 0) is 39.4 Å². The number of sulfonamides is 1. The molecule has 3 heterocycles. The van der Waals surface area contributed by atoms with Crippen molar-refractivity contribution in [2.24, 2.45) is 0 Å². The minimum atomic E-state index is -3.80. The molecule has 0 aromatic heterocycles. The van der Waals surface area contributed by atoms with Gasteiger partial charge in [0.25, 0.3) is 17.6 Å². The molecule has 2 saturated heterocycles. The number of ketones is 1. The van der Waals surface area contributed by atoms with Crippen LogP contribution < -0.4 is 4.90 Å². The number of morpholine rings is 1. The van der Waals surface area contributed by atoms with Crippen molar-refractivity contribution in [3.05, 3.63) is 77.9 Å². The second-order valence-corrected chi connectivity index (χ2v) is 11.4. The van der Waals surface area contributed by atoms with Crippen LogP contribution >= 0.6 is 0 Å². The molecule has 5 rings (SSSR count). The molecule has 1 spiro atoms. The normalized spacial score (nSPS) is 22.8. The van der Waals surface area contributed by atoms with Crippen LogP contribution in [0.5, 0.6) is 0 Å². The first-order valence-electron chi connectivity index (χ1n) is 12.7. The Hall–Kier alpha value is -3.84.